The summed E-state index contributed by atoms with van der Waals surface area (Å²) in [6, 6.07) is 14.5. The van der Waals surface area contributed by atoms with Gasteiger partial charge in [0.25, 0.3) is 5.91 Å². The monoisotopic (exact) mass is 448 g/mol. The van der Waals surface area contributed by atoms with E-state index in [1.54, 1.807) is 0 Å². The Labute approximate surface area is 197 Å². The van der Waals surface area contributed by atoms with Crippen LogP contribution in [-0.2, 0) is 11.3 Å². The Morgan fingerprint density at radius 2 is 1.61 bits per heavy atom. The number of nitrogens with one attached hydrogen (secondary N) is 2. The van der Waals surface area contributed by atoms with Crippen LogP contribution in [0.25, 0.3) is 0 Å². The molecule has 0 unspecified atom stereocenters. The van der Waals surface area contributed by atoms with Crippen molar-refractivity contribution in [2.24, 2.45) is 23.7 Å². The van der Waals surface area contributed by atoms with Crippen molar-refractivity contribution >= 4 is 11.6 Å². The fourth-order valence-electron chi connectivity index (χ4n) is 6.52. The normalized spacial score (nSPS) is 27.4. The van der Waals surface area contributed by atoms with Gasteiger partial charge in [-0.05, 0) is 99.5 Å². The maximum atomic E-state index is 12.3. The minimum Gasteiger partial charge on any atom is -0.490 e. The van der Waals surface area contributed by atoms with E-state index in [1.165, 1.54) is 37.7 Å². The second-order valence-corrected chi connectivity index (χ2v) is 10.3. The Hall–Kier alpha value is -2.53. The molecule has 5 nitrogen and oxygen atoms in total. The first-order valence-electron chi connectivity index (χ1n) is 12.6. The molecule has 2 N–H and O–H groups in total. The molecule has 4 aliphatic rings. The quantitative estimate of drug-likeness (QED) is 0.545. The van der Waals surface area contributed by atoms with Crippen LogP contribution in [0.3, 0.4) is 0 Å². The molecule has 6 rings (SSSR count). The van der Waals surface area contributed by atoms with E-state index in [1.807, 2.05) is 44.2 Å². The number of amides is 1. The first-order valence-corrected chi connectivity index (χ1v) is 12.6. The molecule has 0 heterocycles. The minimum atomic E-state index is -0.186. The molecule has 2 aromatic carbocycles. The Morgan fingerprint density at radius 1 is 0.909 bits per heavy atom. The van der Waals surface area contributed by atoms with Crippen molar-refractivity contribution in [3.05, 3.63) is 53.6 Å². The molecule has 0 aromatic heterocycles. The predicted octanol–water partition coefficient (Wildman–Crippen LogP) is 5.33. The zero-order chi connectivity index (χ0) is 22.8. The topological polar surface area (TPSA) is 59.6 Å². The molecule has 0 aliphatic heterocycles. The average molecular weight is 449 g/mol. The summed E-state index contributed by atoms with van der Waals surface area (Å²) in [6.07, 6.45) is 7.18. The lowest BCUT2D eigenvalue weighted by atomic mass is 9.54. The van der Waals surface area contributed by atoms with Crippen molar-refractivity contribution in [1.29, 1.82) is 0 Å². The molecule has 5 heteroatoms. The van der Waals surface area contributed by atoms with Crippen molar-refractivity contribution in [2.45, 2.75) is 58.5 Å². The molecule has 2 aromatic rings. The lowest BCUT2D eigenvalue weighted by Crippen LogP contribution is -2.54. The number of carbonyl (C=O) groups excluding carboxylic acids is 1. The van der Waals surface area contributed by atoms with Gasteiger partial charge < -0.3 is 20.1 Å². The molecule has 0 saturated heterocycles. The molecule has 0 radical (unpaired) electrons. The second kappa shape index (κ2) is 9.76. The van der Waals surface area contributed by atoms with Gasteiger partial charge in [0.2, 0.25) is 0 Å². The van der Waals surface area contributed by atoms with Crippen LogP contribution >= 0.6 is 0 Å². The first kappa shape index (κ1) is 22.3. The van der Waals surface area contributed by atoms with Crippen molar-refractivity contribution in [1.82, 2.24) is 5.32 Å². The zero-order valence-electron chi connectivity index (χ0n) is 19.8. The van der Waals surface area contributed by atoms with E-state index in [0.29, 0.717) is 24.1 Å². The summed E-state index contributed by atoms with van der Waals surface area (Å²) < 4.78 is 11.7. The van der Waals surface area contributed by atoms with E-state index in [4.69, 9.17) is 9.47 Å². The number of carbonyl (C=O) groups is 1. The average Bonchev–Trinajstić information content (AvgIpc) is 2.79. The third kappa shape index (κ3) is 5.19. The van der Waals surface area contributed by atoms with Gasteiger partial charge in [-0.2, -0.15) is 0 Å². The number of hydrogen-bond donors (Lipinski definition) is 2. The van der Waals surface area contributed by atoms with Crippen LogP contribution in [0.4, 0.5) is 5.69 Å². The zero-order valence-corrected chi connectivity index (χ0v) is 19.8. The number of anilines is 1. The van der Waals surface area contributed by atoms with Gasteiger partial charge in [0.05, 0.1) is 6.61 Å². The molecular formula is C28H36N2O3. The summed E-state index contributed by atoms with van der Waals surface area (Å²) in [5.41, 5.74) is 3.12. The van der Waals surface area contributed by atoms with E-state index in [-0.39, 0.29) is 12.5 Å². The number of hydrogen-bond acceptors (Lipinski definition) is 4. The molecule has 1 amide bonds. The van der Waals surface area contributed by atoms with Gasteiger partial charge in [-0.3, -0.25) is 4.79 Å². The van der Waals surface area contributed by atoms with Crippen LogP contribution in [0.15, 0.2) is 42.5 Å². The third-order valence-corrected chi connectivity index (χ3v) is 7.77. The summed E-state index contributed by atoms with van der Waals surface area (Å²) in [5.74, 6) is 4.84. The molecule has 33 heavy (non-hydrogen) atoms. The van der Waals surface area contributed by atoms with Crippen LogP contribution in [0, 0.1) is 30.6 Å². The summed E-state index contributed by atoms with van der Waals surface area (Å²) >= 11 is 0. The standard InChI is InChI=1S/C28H36N2O3/c1-3-32-26-15-19(16-29-28-22-11-20-10-21(13-22)14-23(28)12-20)6-9-25(26)33-17-27(31)30-24-7-4-18(2)5-8-24/h4-9,15,20-23,28-29H,3,10-14,16-17H2,1-2H3,(H,30,31). The molecule has 0 atom stereocenters. The maximum Gasteiger partial charge on any atom is 0.262 e. The minimum absolute atomic E-state index is 0.0562. The van der Waals surface area contributed by atoms with Crippen molar-refractivity contribution in [3.63, 3.8) is 0 Å². The molecule has 4 fully saturated rings. The number of rotatable bonds is 9. The number of aryl methyl sites for hydroxylation is 1. The Bertz CT molecular complexity index is 944. The lowest BCUT2D eigenvalue weighted by Gasteiger charge is -2.54. The van der Waals surface area contributed by atoms with E-state index in [0.717, 1.165) is 41.5 Å². The van der Waals surface area contributed by atoms with E-state index in [9.17, 15) is 4.79 Å². The highest BCUT2D eigenvalue weighted by Crippen LogP contribution is 2.53. The van der Waals surface area contributed by atoms with Crippen LogP contribution < -0.4 is 20.1 Å². The van der Waals surface area contributed by atoms with Gasteiger partial charge >= 0.3 is 0 Å². The fourth-order valence-corrected chi connectivity index (χ4v) is 6.52. The third-order valence-electron chi connectivity index (χ3n) is 7.77. The second-order valence-electron chi connectivity index (χ2n) is 10.3. The van der Waals surface area contributed by atoms with Crippen LogP contribution in [-0.4, -0.2) is 25.2 Å². The fraction of sp³-hybridized carbons (Fsp3) is 0.536. The molecule has 0 spiro atoms. The van der Waals surface area contributed by atoms with Crippen molar-refractivity contribution in [3.8, 4) is 11.5 Å². The van der Waals surface area contributed by atoms with Gasteiger partial charge in [-0.1, -0.05) is 23.8 Å². The Balaban J connectivity index is 1.17. The SMILES string of the molecule is CCOc1cc(CNC2C3CC4CC(C3)CC2C4)ccc1OCC(=O)Nc1ccc(C)cc1. The molecular weight excluding hydrogens is 412 g/mol. The predicted molar refractivity (Wildman–Crippen MR) is 131 cm³/mol. The van der Waals surface area contributed by atoms with Gasteiger partial charge in [-0.25, -0.2) is 0 Å². The van der Waals surface area contributed by atoms with E-state index in [2.05, 4.69) is 22.8 Å². The van der Waals surface area contributed by atoms with Gasteiger partial charge in [0, 0.05) is 18.3 Å². The van der Waals surface area contributed by atoms with Crippen molar-refractivity contribution in [2.75, 3.05) is 18.5 Å². The maximum absolute atomic E-state index is 12.3. The molecule has 4 bridgehead atoms. The molecule has 4 saturated carbocycles. The first-order chi connectivity index (χ1) is 16.1. The van der Waals surface area contributed by atoms with E-state index < -0.39 is 0 Å². The highest BCUT2D eigenvalue weighted by atomic mass is 16.5. The van der Waals surface area contributed by atoms with Crippen LogP contribution in [0.1, 0.15) is 50.2 Å². The van der Waals surface area contributed by atoms with Gasteiger partial charge in [0.15, 0.2) is 18.1 Å². The summed E-state index contributed by atoms with van der Waals surface area (Å²) in [7, 11) is 0. The molecule has 176 valence electrons. The smallest absolute Gasteiger partial charge is 0.262 e. The highest BCUT2D eigenvalue weighted by molar-refractivity contribution is 5.91. The van der Waals surface area contributed by atoms with Crippen LogP contribution in [0.2, 0.25) is 0 Å². The largest absolute Gasteiger partial charge is 0.490 e. The highest BCUT2D eigenvalue weighted by Gasteiger charge is 2.47. The Morgan fingerprint density at radius 3 is 2.27 bits per heavy atom. The van der Waals surface area contributed by atoms with Gasteiger partial charge in [0.1, 0.15) is 0 Å². The Kier molecular flexibility index (Phi) is 6.59. The lowest BCUT2D eigenvalue weighted by molar-refractivity contribution is -0.118. The van der Waals surface area contributed by atoms with Crippen molar-refractivity contribution < 1.29 is 14.3 Å². The van der Waals surface area contributed by atoms with E-state index >= 15 is 0 Å². The van der Waals surface area contributed by atoms with Gasteiger partial charge in [-0.15, -0.1) is 0 Å². The summed E-state index contributed by atoms with van der Waals surface area (Å²) in [5, 5.41) is 6.76. The number of benzene rings is 2. The number of ether oxygens (including phenoxy) is 2. The van der Waals surface area contributed by atoms with Crippen LogP contribution in [0.5, 0.6) is 11.5 Å². The molecule has 4 aliphatic carbocycles. The summed E-state index contributed by atoms with van der Waals surface area (Å²) in [6.45, 7) is 5.33. The summed E-state index contributed by atoms with van der Waals surface area (Å²) in [4.78, 5) is 12.3.